The number of furan rings is 1. The third-order valence-corrected chi connectivity index (χ3v) is 8.74. The summed E-state index contributed by atoms with van der Waals surface area (Å²) < 4.78 is 158. The van der Waals surface area contributed by atoms with Crippen LogP contribution in [0.4, 0.5) is 35.1 Å². The van der Waals surface area contributed by atoms with E-state index in [1.807, 2.05) is 0 Å². The van der Waals surface area contributed by atoms with Crippen molar-refractivity contribution in [2.45, 2.75) is 58.2 Å². The first-order valence-corrected chi connectivity index (χ1v) is 16.5. The number of nitrogens with zero attached hydrogens (tertiary/aromatic N) is 3. The molecule has 7 rings (SSSR count). The average molecular weight is 968 g/mol. The summed E-state index contributed by atoms with van der Waals surface area (Å²) in [7, 11) is 0. The molecular weight excluding hydrogens is 931 g/mol. The normalized spacial score (nSPS) is 14.1. The maximum Gasteiger partial charge on any atom is 0.458 e. The van der Waals surface area contributed by atoms with Crippen molar-refractivity contribution in [2.24, 2.45) is 0 Å². The summed E-state index contributed by atoms with van der Waals surface area (Å²) >= 11 is 0. The standard InChI is InChI=1S/C31H22F5N2O.C13H9F3N.Ir/c1-17-16-38-26(23-7-5-6-22-21-10-8-18(15-37)12-27(21)39-28(22)23)14-24(17)20-11-9-19(13-25(20)29(2,3)4)30(32,33)31(34,35)36;1-9-2-7-12(17-8-9)10-3-5-11(6-4-10)13(14,15)16;/h5-6,8-14,16H,1-4H3;2-3,5-8H,1H3;/q2*-1;/i2*1D3;. The Morgan fingerprint density at radius 2 is 1.47 bits per heavy atom. The molecule has 7 aromatic rings. The van der Waals surface area contributed by atoms with E-state index in [2.05, 4.69) is 28.2 Å². The third-order valence-electron chi connectivity index (χ3n) is 8.74. The summed E-state index contributed by atoms with van der Waals surface area (Å²) in [5, 5.41) is 10.7. The number of alkyl halides is 8. The first-order chi connectivity index (χ1) is 28.6. The number of rotatable bonds is 4. The first-order valence-electron chi connectivity index (χ1n) is 19.5. The Bertz CT molecular complexity index is 2770. The second-order valence-electron chi connectivity index (χ2n) is 13.6. The van der Waals surface area contributed by atoms with E-state index in [4.69, 9.17) is 12.6 Å². The number of nitriles is 1. The van der Waals surface area contributed by atoms with Gasteiger partial charge in [0.05, 0.1) is 17.2 Å². The van der Waals surface area contributed by atoms with Gasteiger partial charge in [-0.3, -0.25) is 0 Å². The Morgan fingerprint density at radius 1 is 0.737 bits per heavy atom. The summed E-state index contributed by atoms with van der Waals surface area (Å²) in [6.45, 7) is -0.0344. The maximum absolute atomic E-state index is 14.3. The predicted octanol–water partition coefficient (Wildman–Crippen LogP) is 13.1. The first kappa shape index (κ1) is 34.8. The van der Waals surface area contributed by atoms with Crippen molar-refractivity contribution in [1.29, 1.82) is 5.26 Å². The van der Waals surface area contributed by atoms with Crippen molar-refractivity contribution in [3.8, 4) is 39.7 Å². The van der Waals surface area contributed by atoms with Gasteiger partial charge in [0.2, 0.25) is 0 Å². The number of hydrogen-bond acceptors (Lipinski definition) is 4. The summed E-state index contributed by atoms with van der Waals surface area (Å²) in [5.41, 5.74) is -0.181. The molecule has 4 aromatic carbocycles. The van der Waals surface area contributed by atoms with Gasteiger partial charge in [-0.2, -0.15) is 40.4 Å². The van der Waals surface area contributed by atoms with Gasteiger partial charge in [-0.25, -0.2) is 0 Å². The van der Waals surface area contributed by atoms with Crippen LogP contribution in [0.1, 0.15) is 62.4 Å². The van der Waals surface area contributed by atoms with Crippen molar-refractivity contribution < 1.29 is 67.9 Å². The Labute approximate surface area is 345 Å². The molecule has 0 unspecified atom stereocenters. The summed E-state index contributed by atoms with van der Waals surface area (Å²) in [5.74, 6) is -5.11. The van der Waals surface area contributed by atoms with Gasteiger partial charge in [-0.15, -0.1) is 48.0 Å². The molecule has 295 valence electrons. The molecule has 0 amide bonds. The fourth-order valence-electron chi connectivity index (χ4n) is 5.89. The number of aromatic nitrogens is 2. The summed E-state index contributed by atoms with van der Waals surface area (Å²) in [6, 6.07) is 25.8. The van der Waals surface area contributed by atoms with Crippen LogP contribution in [0.2, 0.25) is 0 Å². The monoisotopic (exact) mass is 968 g/mol. The number of benzene rings is 4. The molecule has 0 atom stereocenters. The van der Waals surface area contributed by atoms with E-state index in [1.165, 1.54) is 30.5 Å². The molecule has 0 spiro atoms. The molecule has 0 bridgehead atoms. The Morgan fingerprint density at radius 3 is 2.07 bits per heavy atom. The minimum Gasteiger partial charge on any atom is -0.501 e. The zero-order valence-electron chi connectivity index (χ0n) is 35.8. The van der Waals surface area contributed by atoms with Crippen LogP contribution in [0.3, 0.4) is 0 Å². The smallest absolute Gasteiger partial charge is 0.458 e. The van der Waals surface area contributed by atoms with Gasteiger partial charge in [-0.05, 0) is 82.1 Å². The van der Waals surface area contributed by atoms with E-state index in [0.29, 0.717) is 45.0 Å². The number of pyridine rings is 2. The second kappa shape index (κ2) is 15.8. The van der Waals surface area contributed by atoms with Crippen molar-refractivity contribution in [3.05, 3.63) is 143 Å². The molecule has 0 aliphatic carbocycles. The average Bonchev–Trinajstić information content (AvgIpc) is 3.57. The molecule has 4 nitrogen and oxygen atoms in total. The van der Waals surface area contributed by atoms with Crippen LogP contribution in [0.5, 0.6) is 0 Å². The minimum absolute atomic E-state index is 0. The van der Waals surface area contributed by atoms with E-state index < -0.39 is 48.5 Å². The van der Waals surface area contributed by atoms with Crippen LogP contribution in [0.15, 0.2) is 102 Å². The largest absolute Gasteiger partial charge is 0.501 e. The number of fused-ring (bicyclic) bond motifs is 3. The Hall–Kier alpha value is -5.44. The summed E-state index contributed by atoms with van der Waals surface area (Å²) in [6.07, 6.45) is -7.89. The molecule has 0 aliphatic rings. The molecule has 0 saturated carbocycles. The van der Waals surface area contributed by atoms with Gasteiger partial charge in [0, 0.05) is 51.7 Å². The predicted molar refractivity (Wildman–Crippen MR) is 198 cm³/mol. The molecular formula is C44H31F8IrN3O-2. The Balaban J connectivity index is 0.000000299. The van der Waals surface area contributed by atoms with Gasteiger partial charge >= 0.3 is 18.3 Å². The van der Waals surface area contributed by atoms with Crippen LogP contribution in [-0.4, -0.2) is 16.1 Å². The zero-order valence-corrected chi connectivity index (χ0v) is 32.2. The fraction of sp³-hybridized carbons (Fsp3) is 0.205. The van der Waals surface area contributed by atoms with Crippen LogP contribution in [0, 0.1) is 37.2 Å². The van der Waals surface area contributed by atoms with Crippen molar-refractivity contribution in [2.75, 3.05) is 0 Å². The van der Waals surface area contributed by atoms with Gasteiger partial charge in [-0.1, -0.05) is 68.1 Å². The molecule has 13 heteroatoms. The van der Waals surface area contributed by atoms with Crippen LogP contribution in [-0.2, 0) is 37.6 Å². The molecule has 0 aliphatic heterocycles. The van der Waals surface area contributed by atoms with E-state index in [9.17, 15) is 40.4 Å². The van der Waals surface area contributed by atoms with Gasteiger partial charge in [0.1, 0.15) is 5.58 Å². The summed E-state index contributed by atoms with van der Waals surface area (Å²) in [4.78, 5) is 8.30. The van der Waals surface area contributed by atoms with E-state index >= 15 is 0 Å². The van der Waals surface area contributed by atoms with Crippen LogP contribution in [0.25, 0.3) is 55.6 Å². The van der Waals surface area contributed by atoms with Crippen molar-refractivity contribution >= 4 is 21.9 Å². The topological polar surface area (TPSA) is 62.7 Å². The molecule has 1 radical (unpaired) electrons. The number of halogens is 8. The van der Waals surface area contributed by atoms with Crippen LogP contribution >= 0.6 is 0 Å². The van der Waals surface area contributed by atoms with E-state index in [1.54, 1.807) is 51.1 Å². The van der Waals surface area contributed by atoms with Crippen LogP contribution < -0.4 is 0 Å². The van der Waals surface area contributed by atoms with Gasteiger partial charge in [0.15, 0.2) is 0 Å². The molecule has 3 heterocycles. The molecule has 0 N–H and O–H groups in total. The van der Waals surface area contributed by atoms with Gasteiger partial charge in [0.25, 0.3) is 0 Å². The van der Waals surface area contributed by atoms with Crippen molar-refractivity contribution in [1.82, 2.24) is 9.97 Å². The number of aryl methyl sites for hydroxylation is 2. The van der Waals surface area contributed by atoms with Crippen molar-refractivity contribution in [3.63, 3.8) is 0 Å². The van der Waals surface area contributed by atoms with E-state index in [0.717, 1.165) is 35.8 Å². The van der Waals surface area contributed by atoms with E-state index in [-0.39, 0.29) is 53.6 Å². The second-order valence-corrected chi connectivity index (χ2v) is 13.6. The Kier molecular flexibility index (Phi) is 9.66. The fourth-order valence-corrected chi connectivity index (χ4v) is 5.89. The number of hydrogen-bond donors (Lipinski definition) is 0. The molecule has 0 saturated heterocycles. The molecule has 0 fully saturated rings. The third kappa shape index (κ3) is 8.78. The quantitative estimate of drug-likeness (QED) is 0.130. The maximum atomic E-state index is 14.3. The van der Waals surface area contributed by atoms with Gasteiger partial charge < -0.3 is 14.4 Å². The zero-order chi connectivity index (χ0) is 45.8. The minimum atomic E-state index is -5.81. The SMILES string of the molecule is [2H]C([2H])([2H])c1ccc(-c2[c-]cc(C(F)(F)F)cc2)nc1.[2H]C([2H])([2H])c1cnc(-c2[c-]ccc3c2oc2cc(C#N)ccc23)cc1-c1ccc(C(F)(F)C(F)(F)F)cc1C(C)(C)C.[Ir]. The molecule has 57 heavy (non-hydrogen) atoms. The molecule has 3 aromatic heterocycles.